The summed E-state index contributed by atoms with van der Waals surface area (Å²) < 4.78 is 37.5. The molecule has 0 amide bonds. The van der Waals surface area contributed by atoms with Crippen molar-refractivity contribution in [3.05, 3.63) is 11.9 Å². The van der Waals surface area contributed by atoms with Crippen LogP contribution in [0.1, 0.15) is 0 Å². The van der Waals surface area contributed by atoms with Crippen LogP contribution in [-0.4, -0.2) is 55.7 Å². The highest BCUT2D eigenvalue weighted by atomic mass is 32.2. The summed E-state index contributed by atoms with van der Waals surface area (Å²) in [7, 11) is 6.89. The second-order valence-corrected chi connectivity index (χ2v) is 4.49. The van der Waals surface area contributed by atoms with E-state index in [1.165, 1.54) is 12.3 Å². The first-order valence-corrected chi connectivity index (χ1v) is 5.65. The van der Waals surface area contributed by atoms with Gasteiger partial charge in [-0.2, -0.15) is 13.2 Å². The monoisotopic (exact) mass is 242 g/mol. The summed E-state index contributed by atoms with van der Waals surface area (Å²) in [5, 5.41) is -1.46. The molecule has 0 radical (unpaired) electrons. The van der Waals surface area contributed by atoms with Crippen LogP contribution in [0.25, 0.3) is 0 Å². The van der Waals surface area contributed by atoms with Gasteiger partial charge in [0.25, 0.3) is 0 Å². The van der Waals surface area contributed by atoms with Crippen molar-refractivity contribution in [3.8, 4) is 0 Å². The first-order valence-electron chi connectivity index (χ1n) is 4.36. The fourth-order valence-electron chi connectivity index (χ4n) is 1.13. The van der Waals surface area contributed by atoms with Gasteiger partial charge in [-0.05, 0) is 12.3 Å². The summed E-state index contributed by atoms with van der Waals surface area (Å²) in [5.41, 5.74) is 0. The second kappa shape index (κ2) is 5.53. The topological polar surface area (TPSA) is 6.48 Å². The molecule has 0 aliphatic carbocycles. The fourth-order valence-corrected chi connectivity index (χ4v) is 1.65. The maximum absolute atomic E-state index is 12.5. The Bertz CT molecular complexity index is 214. The van der Waals surface area contributed by atoms with Crippen molar-refractivity contribution in [1.29, 1.82) is 0 Å². The summed E-state index contributed by atoms with van der Waals surface area (Å²) in [6.07, 6.45) is -1.51. The second-order valence-electron chi connectivity index (χ2n) is 3.51. The lowest BCUT2D eigenvalue weighted by molar-refractivity contribution is -0.120. The lowest BCUT2D eigenvalue weighted by Gasteiger charge is -2.26. The van der Waals surface area contributed by atoms with Crippen LogP contribution >= 0.6 is 11.8 Å². The van der Waals surface area contributed by atoms with Crippen molar-refractivity contribution >= 4 is 11.8 Å². The molecule has 0 aromatic rings. The Balaban J connectivity index is 4.93. The number of alkyl halides is 3. The van der Waals surface area contributed by atoms with E-state index in [2.05, 4.69) is 0 Å². The molecule has 0 bridgehead atoms. The summed E-state index contributed by atoms with van der Waals surface area (Å²) in [6, 6.07) is 0. The third-order valence-electron chi connectivity index (χ3n) is 1.79. The van der Waals surface area contributed by atoms with Crippen LogP contribution in [0.4, 0.5) is 13.2 Å². The average molecular weight is 242 g/mol. The van der Waals surface area contributed by atoms with E-state index in [1.54, 1.807) is 38.0 Å². The predicted octanol–water partition coefficient (Wildman–Crippen LogP) is 2.24. The Hall–Kier alpha value is -0.520. The van der Waals surface area contributed by atoms with Crippen LogP contribution in [0.15, 0.2) is 11.9 Å². The van der Waals surface area contributed by atoms with Gasteiger partial charge in [-0.25, -0.2) is 0 Å². The van der Waals surface area contributed by atoms with E-state index in [1.807, 2.05) is 0 Å². The highest BCUT2D eigenvalue weighted by Crippen LogP contribution is 2.31. The van der Waals surface area contributed by atoms with Gasteiger partial charge >= 0.3 is 6.18 Å². The molecule has 1 atom stereocenters. The third-order valence-corrected chi connectivity index (χ3v) is 2.70. The van der Waals surface area contributed by atoms with Crippen LogP contribution in [0.5, 0.6) is 0 Å². The standard InChI is InChI=1S/C9H17F3N2S/c1-13(2)8(14(3)4)6-7(15-5)9(10,11)12/h6-7H,1-5H3. The first-order chi connectivity index (χ1) is 6.70. The van der Waals surface area contributed by atoms with Gasteiger partial charge in [-0.15, -0.1) is 11.8 Å². The Kier molecular flexibility index (Phi) is 5.34. The van der Waals surface area contributed by atoms with Gasteiger partial charge in [-0.1, -0.05) is 0 Å². The molecule has 0 fully saturated rings. The van der Waals surface area contributed by atoms with Gasteiger partial charge in [0.2, 0.25) is 0 Å². The van der Waals surface area contributed by atoms with Gasteiger partial charge in [0, 0.05) is 28.2 Å². The van der Waals surface area contributed by atoms with Crippen LogP contribution < -0.4 is 0 Å². The minimum Gasteiger partial charge on any atom is -0.365 e. The smallest absolute Gasteiger partial charge is 0.365 e. The number of thioether (sulfide) groups is 1. The number of halogens is 3. The molecule has 0 heterocycles. The van der Waals surface area contributed by atoms with Gasteiger partial charge in [0.1, 0.15) is 11.1 Å². The largest absolute Gasteiger partial charge is 0.404 e. The molecule has 15 heavy (non-hydrogen) atoms. The van der Waals surface area contributed by atoms with E-state index in [0.717, 1.165) is 11.8 Å². The number of hydrogen-bond donors (Lipinski definition) is 0. The quantitative estimate of drug-likeness (QED) is 0.746. The van der Waals surface area contributed by atoms with Crippen LogP contribution in [0, 0.1) is 0 Å². The minimum absolute atomic E-state index is 0.548. The Morgan fingerprint density at radius 2 is 1.53 bits per heavy atom. The first kappa shape index (κ1) is 14.5. The molecular weight excluding hydrogens is 225 g/mol. The van der Waals surface area contributed by atoms with E-state index in [9.17, 15) is 13.2 Å². The molecule has 2 nitrogen and oxygen atoms in total. The van der Waals surface area contributed by atoms with Crippen LogP contribution in [0.3, 0.4) is 0 Å². The lowest BCUT2D eigenvalue weighted by Crippen LogP contribution is -2.30. The molecule has 0 aliphatic heterocycles. The van der Waals surface area contributed by atoms with E-state index in [4.69, 9.17) is 0 Å². The molecule has 1 unspecified atom stereocenters. The van der Waals surface area contributed by atoms with Crippen molar-refractivity contribution in [2.45, 2.75) is 11.4 Å². The third kappa shape index (κ3) is 4.68. The van der Waals surface area contributed by atoms with Crippen molar-refractivity contribution in [2.75, 3.05) is 34.4 Å². The van der Waals surface area contributed by atoms with Crippen molar-refractivity contribution < 1.29 is 13.2 Å². The molecule has 0 spiro atoms. The zero-order valence-corrected chi connectivity index (χ0v) is 10.4. The van der Waals surface area contributed by atoms with E-state index >= 15 is 0 Å². The molecule has 0 saturated carbocycles. The molecule has 0 aromatic carbocycles. The Labute approximate surface area is 93.1 Å². The molecular formula is C9H17F3N2S. The fraction of sp³-hybridized carbons (Fsp3) is 0.778. The summed E-state index contributed by atoms with van der Waals surface area (Å²) in [4.78, 5) is 3.32. The van der Waals surface area contributed by atoms with Crippen molar-refractivity contribution in [2.24, 2.45) is 0 Å². The Morgan fingerprint density at radius 1 is 1.13 bits per heavy atom. The highest BCUT2D eigenvalue weighted by molar-refractivity contribution is 7.99. The van der Waals surface area contributed by atoms with Gasteiger partial charge in [0.15, 0.2) is 0 Å². The summed E-state index contributed by atoms with van der Waals surface area (Å²) in [5.74, 6) is 0.548. The summed E-state index contributed by atoms with van der Waals surface area (Å²) in [6.45, 7) is 0. The maximum atomic E-state index is 12.5. The van der Waals surface area contributed by atoms with Crippen LogP contribution in [-0.2, 0) is 0 Å². The molecule has 0 N–H and O–H groups in total. The molecule has 0 rings (SSSR count). The van der Waals surface area contributed by atoms with Crippen LogP contribution in [0.2, 0.25) is 0 Å². The number of hydrogen-bond acceptors (Lipinski definition) is 3. The van der Waals surface area contributed by atoms with Gasteiger partial charge in [-0.3, -0.25) is 0 Å². The highest BCUT2D eigenvalue weighted by Gasteiger charge is 2.38. The SMILES string of the molecule is CSC(C=C(N(C)C)N(C)C)C(F)(F)F. The van der Waals surface area contributed by atoms with Gasteiger partial charge in [0.05, 0.1) is 0 Å². The van der Waals surface area contributed by atoms with Gasteiger partial charge < -0.3 is 9.80 Å². The zero-order valence-electron chi connectivity index (χ0n) is 9.59. The Morgan fingerprint density at radius 3 is 1.73 bits per heavy atom. The molecule has 90 valence electrons. The predicted molar refractivity (Wildman–Crippen MR) is 58.8 cm³/mol. The minimum atomic E-state index is -4.20. The molecule has 0 aliphatic rings. The zero-order chi connectivity index (χ0) is 12.2. The maximum Gasteiger partial charge on any atom is 0.404 e. The average Bonchev–Trinajstić information content (AvgIpc) is 2.01. The summed E-state index contributed by atoms with van der Waals surface area (Å²) >= 11 is 0.785. The normalized spacial score (nSPS) is 13.3. The van der Waals surface area contributed by atoms with Crippen molar-refractivity contribution in [1.82, 2.24) is 9.80 Å². The number of rotatable bonds is 4. The van der Waals surface area contributed by atoms with Crippen molar-refractivity contribution in [3.63, 3.8) is 0 Å². The van der Waals surface area contributed by atoms with E-state index < -0.39 is 11.4 Å². The van der Waals surface area contributed by atoms with E-state index in [0.29, 0.717) is 5.82 Å². The van der Waals surface area contributed by atoms with E-state index in [-0.39, 0.29) is 0 Å². The molecule has 0 saturated heterocycles. The molecule has 6 heteroatoms. The lowest BCUT2D eigenvalue weighted by atomic mass is 10.3. The molecule has 0 aromatic heterocycles. The number of nitrogens with zero attached hydrogens (tertiary/aromatic N) is 2.